The summed E-state index contributed by atoms with van der Waals surface area (Å²) in [6.45, 7) is 5.92. The molecule has 0 saturated carbocycles. The van der Waals surface area contributed by atoms with Crippen LogP contribution in [0.15, 0.2) is 35.5 Å². The summed E-state index contributed by atoms with van der Waals surface area (Å²) in [5, 5.41) is 13.4. The van der Waals surface area contributed by atoms with Gasteiger partial charge in [0.25, 0.3) is 0 Å². The molecule has 0 spiro atoms. The Morgan fingerprint density at radius 1 is 1.20 bits per heavy atom. The molecule has 8 heteroatoms. The first-order valence-electron chi connectivity index (χ1n) is 8.17. The fourth-order valence-corrected chi connectivity index (χ4v) is 3.16. The molecule has 0 aliphatic carbocycles. The summed E-state index contributed by atoms with van der Waals surface area (Å²) in [6, 6.07) is 9.49. The van der Waals surface area contributed by atoms with Crippen LogP contribution in [0.4, 0.5) is 4.79 Å². The molecule has 0 bridgehead atoms. The van der Waals surface area contributed by atoms with Crippen molar-refractivity contribution in [3.8, 4) is 11.4 Å². The number of rotatable bonds is 6. The van der Waals surface area contributed by atoms with Crippen molar-refractivity contribution in [2.75, 3.05) is 7.05 Å². The summed E-state index contributed by atoms with van der Waals surface area (Å²) in [6.07, 6.45) is 0.907. The zero-order valence-electron chi connectivity index (χ0n) is 14.8. The van der Waals surface area contributed by atoms with Crippen LogP contribution in [0.2, 0.25) is 0 Å². The van der Waals surface area contributed by atoms with Crippen molar-refractivity contribution in [1.29, 1.82) is 0 Å². The highest BCUT2D eigenvalue weighted by molar-refractivity contribution is 8.00. The SMILES string of the molecule is CCC(C)n1c(SC(C)C(=O)NC(=O)NC)nnc1-c1ccccc1. The average Bonchev–Trinajstić information content (AvgIpc) is 3.05. The van der Waals surface area contributed by atoms with Crippen LogP contribution in [-0.2, 0) is 4.79 Å². The molecule has 2 aromatic rings. The quantitative estimate of drug-likeness (QED) is 0.772. The number of amides is 3. The Kier molecular flexibility index (Phi) is 6.58. The molecule has 0 fully saturated rings. The number of imide groups is 1. The van der Waals surface area contributed by atoms with Gasteiger partial charge in [0.2, 0.25) is 5.91 Å². The van der Waals surface area contributed by atoms with Gasteiger partial charge in [-0.1, -0.05) is 49.0 Å². The molecule has 7 nitrogen and oxygen atoms in total. The normalized spacial score (nSPS) is 13.1. The molecule has 0 radical (unpaired) electrons. The minimum absolute atomic E-state index is 0.182. The number of thioether (sulfide) groups is 1. The largest absolute Gasteiger partial charge is 0.341 e. The molecule has 0 saturated heterocycles. The van der Waals surface area contributed by atoms with Crippen molar-refractivity contribution in [1.82, 2.24) is 25.4 Å². The molecule has 25 heavy (non-hydrogen) atoms. The van der Waals surface area contributed by atoms with Gasteiger partial charge in [-0.05, 0) is 20.3 Å². The number of hydrogen-bond donors (Lipinski definition) is 2. The predicted molar refractivity (Wildman–Crippen MR) is 98.4 cm³/mol. The lowest BCUT2D eigenvalue weighted by molar-refractivity contribution is -0.119. The van der Waals surface area contributed by atoms with E-state index in [4.69, 9.17) is 0 Å². The third-order valence-electron chi connectivity index (χ3n) is 3.84. The first-order chi connectivity index (χ1) is 12.0. The molecule has 0 aliphatic heterocycles. The monoisotopic (exact) mass is 361 g/mol. The minimum atomic E-state index is -0.522. The lowest BCUT2D eigenvalue weighted by Crippen LogP contribution is -2.41. The van der Waals surface area contributed by atoms with Gasteiger partial charge in [0.05, 0.1) is 5.25 Å². The third-order valence-corrected chi connectivity index (χ3v) is 4.90. The Hall–Kier alpha value is -2.35. The molecular formula is C17H23N5O2S. The van der Waals surface area contributed by atoms with Crippen molar-refractivity contribution in [3.05, 3.63) is 30.3 Å². The van der Waals surface area contributed by atoms with Crippen molar-refractivity contribution in [2.24, 2.45) is 0 Å². The smallest absolute Gasteiger partial charge is 0.321 e. The Labute approximate surface area is 151 Å². The average molecular weight is 361 g/mol. The number of benzene rings is 1. The van der Waals surface area contributed by atoms with Gasteiger partial charge in [0.1, 0.15) is 0 Å². The molecule has 2 unspecified atom stereocenters. The van der Waals surface area contributed by atoms with Crippen molar-refractivity contribution in [2.45, 2.75) is 43.6 Å². The van der Waals surface area contributed by atoms with Crippen LogP contribution >= 0.6 is 11.8 Å². The van der Waals surface area contributed by atoms with E-state index in [1.807, 2.05) is 34.9 Å². The summed E-state index contributed by atoms with van der Waals surface area (Å²) in [5.41, 5.74) is 0.976. The van der Waals surface area contributed by atoms with E-state index in [1.54, 1.807) is 6.92 Å². The highest BCUT2D eigenvalue weighted by Crippen LogP contribution is 2.30. The Balaban J connectivity index is 2.28. The number of hydrogen-bond acceptors (Lipinski definition) is 5. The van der Waals surface area contributed by atoms with Crippen LogP contribution in [0, 0.1) is 0 Å². The fraction of sp³-hybridized carbons (Fsp3) is 0.412. The molecule has 2 N–H and O–H groups in total. The predicted octanol–water partition coefficient (Wildman–Crippen LogP) is 2.85. The number of carbonyl (C=O) groups is 2. The highest BCUT2D eigenvalue weighted by atomic mass is 32.2. The number of carbonyl (C=O) groups excluding carboxylic acids is 2. The lowest BCUT2D eigenvalue weighted by atomic mass is 10.2. The summed E-state index contributed by atoms with van der Waals surface area (Å²) >= 11 is 1.29. The second kappa shape index (κ2) is 8.66. The topological polar surface area (TPSA) is 88.9 Å². The standard InChI is InChI=1S/C17H23N5O2S/c1-5-11(2)22-14(13-9-7-6-8-10-13)20-21-17(22)25-12(3)15(23)19-16(24)18-4/h6-12H,5H2,1-4H3,(H2,18,19,23,24). The minimum Gasteiger partial charge on any atom is -0.341 e. The van der Waals surface area contributed by atoms with E-state index in [2.05, 4.69) is 34.7 Å². The van der Waals surface area contributed by atoms with Crippen molar-refractivity contribution in [3.63, 3.8) is 0 Å². The first-order valence-corrected chi connectivity index (χ1v) is 9.05. The second-order valence-corrected chi connectivity index (χ2v) is 6.94. The molecule has 0 aliphatic rings. The molecule has 134 valence electrons. The van der Waals surface area contributed by atoms with Crippen LogP contribution in [0.1, 0.15) is 33.2 Å². The number of urea groups is 1. The highest BCUT2D eigenvalue weighted by Gasteiger charge is 2.23. The van der Waals surface area contributed by atoms with Gasteiger partial charge < -0.3 is 5.32 Å². The Morgan fingerprint density at radius 3 is 2.48 bits per heavy atom. The molecule has 1 heterocycles. The zero-order chi connectivity index (χ0) is 18.4. The van der Waals surface area contributed by atoms with Crippen LogP contribution in [0.5, 0.6) is 0 Å². The molecule has 2 rings (SSSR count). The van der Waals surface area contributed by atoms with Crippen LogP contribution in [0.25, 0.3) is 11.4 Å². The maximum absolute atomic E-state index is 12.1. The van der Waals surface area contributed by atoms with E-state index in [9.17, 15) is 9.59 Å². The third kappa shape index (κ3) is 4.60. The molecular weight excluding hydrogens is 338 g/mol. The number of aromatic nitrogens is 3. The van der Waals surface area contributed by atoms with Crippen LogP contribution in [0.3, 0.4) is 0 Å². The molecule has 1 aromatic heterocycles. The summed E-state index contributed by atoms with van der Waals surface area (Å²) in [5.74, 6) is 0.403. The van der Waals surface area contributed by atoms with Gasteiger partial charge in [0, 0.05) is 18.7 Å². The Bertz CT molecular complexity index is 732. The van der Waals surface area contributed by atoms with Gasteiger partial charge in [0.15, 0.2) is 11.0 Å². The summed E-state index contributed by atoms with van der Waals surface area (Å²) in [7, 11) is 1.46. The van der Waals surface area contributed by atoms with Crippen molar-refractivity contribution < 1.29 is 9.59 Å². The Morgan fingerprint density at radius 2 is 1.88 bits per heavy atom. The van der Waals surface area contributed by atoms with Crippen molar-refractivity contribution >= 4 is 23.7 Å². The van der Waals surface area contributed by atoms with Crippen LogP contribution in [-0.4, -0.2) is 39.0 Å². The van der Waals surface area contributed by atoms with Crippen LogP contribution < -0.4 is 10.6 Å². The van der Waals surface area contributed by atoms with E-state index < -0.39 is 11.3 Å². The zero-order valence-corrected chi connectivity index (χ0v) is 15.6. The van der Waals surface area contributed by atoms with Gasteiger partial charge >= 0.3 is 6.03 Å². The van der Waals surface area contributed by atoms with E-state index in [0.29, 0.717) is 5.16 Å². The van der Waals surface area contributed by atoms with Gasteiger partial charge in [-0.2, -0.15) is 0 Å². The van der Waals surface area contributed by atoms with E-state index in [-0.39, 0.29) is 11.9 Å². The molecule has 2 atom stereocenters. The van der Waals surface area contributed by atoms with E-state index >= 15 is 0 Å². The second-order valence-electron chi connectivity index (χ2n) is 5.63. The maximum Gasteiger partial charge on any atom is 0.321 e. The molecule has 1 aromatic carbocycles. The first kappa shape index (κ1) is 19.0. The molecule has 3 amide bonds. The fourth-order valence-electron chi connectivity index (χ4n) is 2.21. The number of nitrogens with zero attached hydrogens (tertiary/aromatic N) is 3. The van der Waals surface area contributed by atoms with Gasteiger partial charge in [-0.3, -0.25) is 14.7 Å². The number of nitrogens with one attached hydrogen (secondary N) is 2. The summed E-state index contributed by atoms with van der Waals surface area (Å²) in [4.78, 5) is 23.4. The van der Waals surface area contributed by atoms with Gasteiger partial charge in [-0.25, -0.2) is 4.79 Å². The maximum atomic E-state index is 12.1. The summed E-state index contributed by atoms with van der Waals surface area (Å²) < 4.78 is 2.05. The van der Waals surface area contributed by atoms with Gasteiger partial charge in [-0.15, -0.1) is 10.2 Å². The van der Waals surface area contributed by atoms with E-state index in [1.165, 1.54) is 18.8 Å². The van der Waals surface area contributed by atoms with E-state index in [0.717, 1.165) is 17.8 Å². The lowest BCUT2D eigenvalue weighted by Gasteiger charge is -2.18.